The summed E-state index contributed by atoms with van der Waals surface area (Å²) in [7, 11) is 7.43. The van der Waals surface area contributed by atoms with E-state index in [1.54, 1.807) is 20.4 Å². The minimum atomic E-state index is 0.231. The van der Waals surface area contributed by atoms with Crippen LogP contribution in [0.1, 0.15) is 17.4 Å². The van der Waals surface area contributed by atoms with Crippen LogP contribution >= 0.6 is 0 Å². The molecule has 2 aromatic rings. The summed E-state index contributed by atoms with van der Waals surface area (Å²) >= 11 is 0. The Morgan fingerprint density at radius 3 is 2.59 bits per heavy atom. The van der Waals surface area contributed by atoms with Gasteiger partial charge < -0.3 is 24.7 Å². The number of H-pyrrole nitrogens is 1. The molecule has 6 heteroatoms. The number of rotatable bonds is 8. The molecule has 0 radical (unpaired) electrons. The monoisotopic (exact) mass is 304 g/mol. The van der Waals surface area contributed by atoms with E-state index in [-0.39, 0.29) is 6.04 Å². The van der Waals surface area contributed by atoms with Crippen molar-refractivity contribution in [3.05, 3.63) is 42.0 Å². The average Bonchev–Trinajstić information content (AvgIpc) is 3.04. The zero-order valence-corrected chi connectivity index (χ0v) is 13.6. The highest BCUT2D eigenvalue weighted by atomic mass is 16.5. The van der Waals surface area contributed by atoms with E-state index in [2.05, 4.69) is 40.3 Å². The van der Waals surface area contributed by atoms with Gasteiger partial charge in [0.2, 0.25) is 0 Å². The van der Waals surface area contributed by atoms with E-state index in [0.29, 0.717) is 6.54 Å². The summed E-state index contributed by atoms with van der Waals surface area (Å²) in [6.07, 6.45) is 3.59. The van der Waals surface area contributed by atoms with E-state index in [9.17, 15) is 0 Å². The molecule has 6 nitrogen and oxygen atoms in total. The first kappa shape index (κ1) is 16.3. The van der Waals surface area contributed by atoms with Crippen LogP contribution in [0, 0.1) is 0 Å². The minimum absolute atomic E-state index is 0.231. The van der Waals surface area contributed by atoms with Crippen LogP contribution in [0.25, 0.3) is 0 Å². The summed E-state index contributed by atoms with van der Waals surface area (Å²) in [5, 5.41) is 3.43. The molecule has 1 aromatic heterocycles. The Hall–Kier alpha value is -2.05. The van der Waals surface area contributed by atoms with Crippen LogP contribution in [0.2, 0.25) is 0 Å². The third-order valence-corrected chi connectivity index (χ3v) is 3.60. The van der Waals surface area contributed by atoms with Gasteiger partial charge >= 0.3 is 0 Å². The highest BCUT2D eigenvalue weighted by Crippen LogP contribution is 2.31. The number of hydrogen-bond donors (Lipinski definition) is 2. The molecule has 0 fully saturated rings. The number of methoxy groups -OCH3 is 2. The van der Waals surface area contributed by atoms with Gasteiger partial charge in [0.15, 0.2) is 11.5 Å². The van der Waals surface area contributed by atoms with Crippen molar-refractivity contribution in [3.63, 3.8) is 0 Å². The van der Waals surface area contributed by atoms with Gasteiger partial charge in [0.1, 0.15) is 5.82 Å². The van der Waals surface area contributed by atoms with Crippen LogP contribution in [-0.2, 0) is 6.54 Å². The molecule has 0 aliphatic heterocycles. The Labute approximate surface area is 131 Å². The predicted octanol–water partition coefficient (Wildman–Crippen LogP) is 1.82. The molecule has 0 spiro atoms. The fourth-order valence-electron chi connectivity index (χ4n) is 2.38. The van der Waals surface area contributed by atoms with Gasteiger partial charge in [-0.15, -0.1) is 0 Å². The molecule has 1 aromatic carbocycles. The minimum Gasteiger partial charge on any atom is -0.493 e. The highest BCUT2D eigenvalue weighted by molar-refractivity contribution is 5.43. The van der Waals surface area contributed by atoms with Gasteiger partial charge in [-0.05, 0) is 31.8 Å². The molecule has 2 N–H and O–H groups in total. The summed E-state index contributed by atoms with van der Waals surface area (Å²) in [6, 6.07) is 6.27. The quantitative estimate of drug-likeness (QED) is 0.779. The van der Waals surface area contributed by atoms with Crippen molar-refractivity contribution in [3.8, 4) is 11.5 Å². The molecule has 1 atom stereocenters. The zero-order valence-electron chi connectivity index (χ0n) is 13.6. The van der Waals surface area contributed by atoms with E-state index < -0.39 is 0 Å². The molecule has 0 saturated carbocycles. The van der Waals surface area contributed by atoms with Crippen molar-refractivity contribution in [2.75, 3.05) is 34.9 Å². The number of ether oxygens (including phenoxy) is 2. The normalized spacial score (nSPS) is 12.4. The van der Waals surface area contributed by atoms with Crippen molar-refractivity contribution in [2.45, 2.75) is 12.6 Å². The Morgan fingerprint density at radius 2 is 2.00 bits per heavy atom. The van der Waals surface area contributed by atoms with Gasteiger partial charge in [0.05, 0.1) is 20.8 Å². The molecule has 1 heterocycles. The van der Waals surface area contributed by atoms with Crippen molar-refractivity contribution >= 4 is 0 Å². The number of nitrogens with zero attached hydrogens (tertiary/aromatic N) is 2. The van der Waals surface area contributed by atoms with Crippen LogP contribution < -0.4 is 14.8 Å². The second-order valence-electron chi connectivity index (χ2n) is 5.26. The van der Waals surface area contributed by atoms with Crippen molar-refractivity contribution < 1.29 is 9.47 Å². The smallest absolute Gasteiger partial charge is 0.161 e. The number of likely N-dealkylation sites (N-methyl/N-ethyl adjacent to an activating group) is 1. The van der Waals surface area contributed by atoms with E-state index in [0.717, 1.165) is 23.9 Å². The lowest BCUT2D eigenvalue weighted by molar-refractivity contribution is 0.286. The molecule has 0 saturated heterocycles. The first-order valence-electron chi connectivity index (χ1n) is 7.23. The van der Waals surface area contributed by atoms with Crippen LogP contribution in [0.4, 0.5) is 0 Å². The number of aromatic nitrogens is 2. The lowest BCUT2D eigenvalue weighted by Crippen LogP contribution is -2.31. The predicted molar refractivity (Wildman–Crippen MR) is 86.3 cm³/mol. The SMILES string of the molecule is COc1ccc(C(CNCc2ncc[nH]2)N(C)C)cc1OC. The number of imidazole rings is 1. The molecule has 120 valence electrons. The molecule has 1 unspecified atom stereocenters. The van der Waals surface area contributed by atoms with Crippen LogP contribution in [0.15, 0.2) is 30.6 Å². The van der Waals surface area contributed by atoms with Gasteiger partial charge in [0.25, 0.3) is 0 Å². The van der Waals surface area contributed by atoms with E-state index in [4.69, 9.17) is 9.47 Å². The van der Waals surface area contributed by atoms with Crippen molar-refractivity contribution in [1.29, 1.82) is 0 Å². The summed E-state index contributed by atoms with van der Waals surface area (Å²) in [5.74, 6) is 2.43. The number of benzene rings is 1. The van der Waals surface area contributed by atoms with Gasteiger partial charge in [0, 0.05) is 25.0 Å². The summed E-state index contributed by atoms with van der Waals surface area (Å²) in [4.78, 5) is 9.48. The second kappa shape index (κ2) is 7.82. The average molecular weight is 304 g/mol. The number of aromatic amines is 1. The maximum atomic E-state index is 5.39. The van der Waals surface area contributed by atoms with Crippen LogP contribution in [-0.4, -0.2) is 49.7 Å². The first-order valence-corrected chi connectivity index (χ1v) is 7.23. The summed E-state index contributed by atoms with van der Waals surface area (Å²) in [5.41, 5.74) is 1.18. The van der Waals surface area contributed by atoms with Gasteiger partial charge in [-0.1, -0.05) is 6.07 Å². The molecule has 0 aliphatic rings. The summed E-state index contributed by atoms with van der Waals surface area (Å²) in [6.45, 7) is 1.52. The maximum absolute atomic E-state index is 5.39. The number of hydrogen-bond acceptors (Lipinski definition) is 5. The van der Waals surface area contributed by atoms with E-state index in [1.807, 2.05) is 18.3 Å². The standard InChI is InChI=1S/C16H24N4O2/c1-20(2)13(10-17-11-16-18-7-8-19-16)12-5-6-14(21-3)15(9-12)22-4/h5-9,13,17H,10-11H2,1-4H3,(H,18,19). The fourth-order valence-corrected chi connectivity index (χ4v) is 2.38. The van der Waals surface area contributed by atoms with Gasteiger partial charge in [-0.25, -0.2) is 4.98 Å². The fraction of sp³-hybridized carbons (Fsp3) is 0.438. The Balaban J connectivity index is 2.06. The zero-order chi connectivity index (χ0) is 15.9. The Bertz CT molecular complexity index is 570. The lowest BCUT2D eigenvalue weighted by atomic mass is 10.1. The largest absolute Gasteiger partial charge is 0.493 e. The highest BCUT2D eigenvalue weighted by Gasteiger charge is 2.16. The molecule has 0 amide bonds. The van der Waals surface area contributed by atoms with Crippen LogP contribution in [0.3, 0.4) is 0 Å². The van der Waals surface area contributed by atoms with Crippen LogP contribution in [0.5, 0.6) is 11.5 Å². The number of nitrogens with one attached hydrogen (secondary N) is 2. The van der Waals surface area contributed by atoms with Gasteiger partial charge in [-0.2, -0.15) is 0 Å². The first-order chi connectivity index (χ1) is 10.7. The van der Waals surface area contributed by atoms with Crippen molar-refractivity contribution in [2.24, 2.45) is 0 Å². The van der Waals surface area contributed by atoms with Gasteiger partial charge in [-0.3, -0.25) is 0 Å². The third kappa shape index (κ3) is 3.99. The Morgan fingerprint density at radius 1 is 1.23 bits per heavy atom. The molecule has 22 heavy (non-hydrogen) atoms. The molecule has 0 bridgehead atoms. The van der Waals surface area contributed by atoms with E-state index in [1.165, 1.54) is 5.56 Å². The topological polar surface area (TPSA) is 62.4 Å². The Kier molecular flexibility index (Phi) is 5.80. The summed E-state index contributed by atoms with van der Waals surface area (Å²) < 4.78 is 10.7. The van der Waals surface area contributed by atoms with E-state index >= 15 is 0 Å². The second-order valence-corrected chi connectivity index (χ2v) is 5.26. The third-order valence-electron chi connectivity index (χ3n) is 3.60. The molecular formula is C16H24N4O2. The molecule has 2 rings (SSSR count). The molecule has 0 aliphatic carbocycles. The lowest BCUT2D eigenvalue weighted by Gasteiger charge is -2.25. The molecular weight excluding hydrogens is 280 g/mol. The van der Waals surface area contributed by atoms with Crippen molar-refractivity contribution in [1.82, 2.24) is 20.2 Å². The maximum Gasteiger partial charge on any atom is 0.161 e.